The van der Waals surface area contributed by atoms with Crippen LogP contribution in [0, 0.1) is 11.6 Å². The van der Waals surface area contributed by atoms with Crippen molar-refractivity contribution in [2.45, 2.75) is 37.5 Å². The number of amides is 2. The summed E-state index contributed by atoms with van der Waals surface area (Å²) in [7, 11) is 0. The van der Waals surface area contributed by atoms with Crippen molar-refractivity contribution in [1.29, 1.82) is 0 Å². The van der Waals surface area contributed by atoms with Crippen LogP contribution < -0.4 is 5.32 Å². The van der Waals surface area contributed by atoms with Gasteiger partial charge in [0, 0.05) is 32.5 Å². The minimum atomic E-state index is -1.12. The van der Waals surface area contributed by atoms with E-state index in [-0.39, 0.29) is 29.9 Å². The SMILES string of the molecule is Cl.O=C(c1cccc(F)c1F)N1CCC2(CC1)N[C@@H](Cc1ccccc1)C(=O)N2Cc1ccccc1. The molecule has 188 valence electrons. The van der Waals surface area contributed by atoms with Crippen LogP contribution in [-0.2, 0) is 17.8 Å². The number of hydrogen-bond acceptors (Lipinski definition) is 3. The first-order chi connectivity index (χ1) is 17.0. The van der Waals surface area contributed by atoms with Crippen LogP contribution in [0.1, 0.15) is 34.3 Å². The van der Waals surface area contributed by atoms with Gasteiger partial charge in [-0.3, -0.25) is 14.9 Å². The maximum Gasteiger partial charge on any atom is 0.256 e. The zero-order valence-corrected chi connectivity index (χ0v) is 20.5. The number of carbonyl (C=O) groups is 2. The van der Waals surface area contributed by atoms with Gasteiger partial charge in [-0.1, -0.05) is 66.7 Å². The third-order valence-corrected chi connectivity index (χ3v) is 7.05. The van der Waals surface area contributed by atoms with E-state index in [4.69, 9.17) is 0 Å². The van der Waals surface area contributed by atoms with Crippen LogP contribution in [0.3, 0.4) is 0 Å². The summed E-state index contributed by atoms with van der Waals surface area (Å²) in [4.78, 5) is 30.0. The Bertz CT molecular complexity index is 1220. The van der Waals surface area contributed by atoms with E-state index in [2.05, 4.69) is 5.32 Å². The molecule has 1 atom stereocenters. The fourth-order valence-electron chi connectivity index (χ4n) is 5.18. The zero-order chi connectivity index (χ0) is 24.4. The monoisotopic (exact) mass is 511 g/mol. The summed E-state index contributed by atoms with van der Waals surface area (Å²) in [5, 5.41) is 3.60. The van der Waals surface area contributed by atoms with E-state index in [1.165, 1.54) is 12.1 Å². The normalized spacial score (nSPS) is 18.8. The highest BCUT2D eigenvalue weighted by atomic mass is 35.5. The largest absolute Gasteiger partial charge is 0.338 e. The Morgan fingerprint density at radius 3 is 2.14 bits per heavy atom. The molecular weight excluding hydrogens is 484 g/mol. The number of likely N-dealkylation sites (tertiary alicyclic amines) is 1. The molecule has 0 bridgehead atoms. The fraction of sp³-hybridized carbons (Fsp3) is 0.286. The minimum absolute atomic E-state index is 0. The van der Waals surface area contributed by atoms with Crippen molar-refractivity contribution < 1.29 is 18.4 Å². The molecule has 1 N–H and O–H groups in total. The lowest BCUT2D eigenvalue weighted by molar-refractivity contribution is -0.134. The van der Waals surface area contributed by atoms with Crippen LogP contribution in [0.4, 0.5) is 8.78 Å². The molecule has 5 rings (SSSR count). The first-order valence-electron chi connectivity index (χ1n) is 11.9. The van der Waals surface area contributed by atoms with Crippen LogP contribution >= 0.6 is 12.4 Å². The van der Waals surface area contributed by atoms with E-state index in [0.29, 0.717) is 38.9 Å². The predicted octanol–water partition coefficient (Wildman–Crippen LogP) is 4.56. The molecular formula is C28H28ClF2N3O2. The third kappa shape index (κ3) is 4.99. The molecule has 2 aliphatic heterocycles. The third-order valence-electron chi connectivity index (χ3n) is 7.05. The van der Waals surface area contributed by atoms with Gasteiger partial charge < -0.3 is 9.80 Å². The maximum atomic E-state index is 14.2. The van der Waals surface area contributed by atoms with Crippen molar-refractivity contribution in [3.8, 4) is 0 Å². The Labute approximate surface area is 215 Å². The molecule has 0 unspecified atom stereocenters. The van der Waals surface area contributed by atoms with E-state index in [9.17, 15) is 18.4 Å². The van der Waals surface area contributed by atoms with Gasteiger partial charge in [0.25, 0.3) is 5.91 Å². The topological polar surface area (TPSA) is 52.7 Å². The summed E-state index contributed by atoms with van der Waals surface area (Å²) in [5.41, 5.74) is 1.23. The van der Waals surface area contributed by atoms with Crippen LogP contribution in [0.25, 0.3) is 0 Å². The van der Waals surface area contributed by atoms with Gasteiger partial charge in [0.1, 0.15) is 0 Å². The van der Waals surface area contributed by atoms with Gasteiger partial charge in [-0.25, -0.2) is 8.78 Å². The van der Waals surface area contributed by atoms with Crippen molar-refractivity contribution in [3.63, 3.8) is 0 Å². The highest BCUT2D eigenvalue weighted by molar-refractivity contribution is 5.94. The summed E-state index contributed by atoms with van der Waals surface area (Å²) < 4.78 is 27.9. The van der Waals surface area contributed by atoms with Crippen LogP contribution in [0.15, 0.2) is 78.9 Å². The van der Waals surface area contributed by atoms with Gasteiger partial charge >= 0.3 is 0 Å². The molecule has 0 saturated carbocycles. The van der Waals surface area contributed by atoms with Gasteiger partial charge in [0.05, 0.1) is 17.3 Å². The second-order valence-corrected chi connectivity index (χ2v) is 9.22. The average molecular weight is 512 g/mol. The molecule has 3 aromatic carbocycles. The van der Waals surface area contributed by atoms with E-state index in [0.717, 1.165) is 17.2 Å². The number of nitrogens with zero attached hydrogens (tertiary/aromatic N) is 2. The Morgan fingerprint density at radius 2 is 1.50 bits per heavy atom. The van der Waals surface area contributed by atoms with E-state index >= 15 is 0 Å². The minimum Gasteiger partial charge on any atom is -0.338 e. The summed E-state index contributed by atoms with van der Waals surface area (Å²) in [6.45, 7) is 1.13. The number of carbonyl (C=O) groups excluding carboxylic acids is 2. The van der Waals surface area contributed by atoms with Gasteiger partial charge in [-0.15, -0.1) is 12.4 Å². The first kappa shape index (κ1) is 25.8. The van der Waals surface area contributed by atoms with Crippen molar-refractivity contribution in [3.05, 3.63) is 107 Å². The molecule has 0 aliphatic carbocycles. The number of nitrogens with one attached hydrogen (secondary N) is 1. The van der Waals surface area contributed by atoms with Gasteiger partial charge in [0.2, 0.25) is 5.91 Å². The van der Waals surface area contributed by atoms with E-state index in [1.807, 2.05) is 65.6 Å². The lowest BCUT2D eigenvalue weighted by atomic mass is 9.94. The van der Waals surface area contributed by atoms with Crippen molar-refractivity contribution in [1.82, 2.24) is 15.1 Å². The molecule has 0 radical (unpaired) electrons. The number of halogens is 3. The van der Waals surface area contributed by atoms with Crippen LogP contribution in [0.5, 0.6) is 0 Å². The number of hydrogen-bond donors (Lipinski definition) is 1. The first-order valence-corrected chi connectivity index (χ1v) is 11.9. The molecule has 2 saturated heterocycles. The second-order valence-electron chi connectivity index (χ2n) is 9.22. The highest BCUT2D eigenvalue weighted by Crippen LogP contribution is 2.35. The van der Waals surface area contributed by atoms with Gasteiger partial charge in [0.15, 0.2) is 11.6 Å². The zero-order valence-electron chi connectivity index (χ0n) is 19.7. The molecule has 2 heterocycles. The molecule has 2 fully saturated rings. The standard InChI is InChI=1S/C28H27F2N3O2.ClH/c29-23-13-7-12-22(25(23)30)26(34)32-16-14-28(15-17-32)31-24(18-20-8-3-1-4-9-20)27(35)33(28)19-21-10-5-2-6-11-21;/h1-13,24,31H,14-19H2;1H/t24-;/m0./s1. The summed E-state index contributed by atoms with van der Waals surface area (Å²) >= 11 is 0. The molecule has 8 heteroatoms. The second kappa shape index (κ2) is 10.8. The maximum absolute atomic E-state index is 14.2. The molecule has 2 amide bonds. The molecule has 2 aliphatic rings. The number of benzene rings is 3. The molecule has 5 nitrogen and oxygen atoms in total. The summed E-state index contributed by atoms with van der Waals surface area (Å²) in [6.07, 6.45) is 1.57. The predicted molar refractivity (Wildman–Crippen MR) is 136 cm³/mol. The Kier molecular flexibility index (Phi) is 7.71. The molecule has 3 aromatic rings. The van der Waals surface area contributed by atoms with E-state index < -0.39 is 23.2 Å². The van der Waals surface area contributed by atoms with E-state index in [1.54, 1.807) is 4.90 Å². The molecule has 36 heavy (non-hydrogen) atoms. The van der Waals surface area contributed by atoms with Crippen molar-refractivity contribution in [2.24, 2.45) is 0 Å². The van der Waals surface area contributed by atoms with Crippen LogP contribution in [-0.4, -0.2) is 46.4 Å². The van der Waals surface area contributed by atoms with Crippen molar-refractivity contribution >= 4 is 24.2 Å². The summed E-state index contributed by atoms with van der Waals surface area (Å²) in [6, 6.07) is 23.0. The fourth-order valence-corrected chi connectivity index (χ4v) is 5.18. The Balaban J connectivity index is 0.00000304. The quantitative estimate of drug-likeness (QED) is 0.546. The number of piperidine rings is 1. The lowest BCUT2D eigenvalue weighted by Gasteiger charge is -2.44. The van der Waals surface area contributed by atoms with Crippen molar-refractivity contribution in [2.75, 3.05) is 13.1 Å². The Morgan fingerprint density at radius 1 is 0.889 bits per heavy atom. The number of rotatable bonds is 5. The Hall–Kier alpha value is -3.29. The average Bonchev–Trinajstić information content (AvgIpc) is 3.12. The van der Waals surface area contributed by atoms with Crippen LogP contribution in [0.2, 0.25) is 0 Å². The molecule has 1 spiro atoms. The smallest absolute Gasteiger partial charge is 0.256 e. The highest BCUT2D eigenvalue weighted by Gasteiger charge is 2.51. The van der Waals surface area contributed by atoms with Gasteiger partial charge in [-0.2, -0.15) is 0 Å². The van der Waals surface area contributed by atoms with Gasteiger partial charge in [-0.05, 0) is 29.7 Å². The lowest BCUT2D eigenvalue weighted by Crippen LogP contribution is -2.59. The summed E-state index contributed by atoms with van der Waals surface area (Å²) in [5.74, 6) is -2.66. The molecule has 0 aromatic heterocycles.